The molecule has 0 unspecified atom stereocenters. The first-order chi connectivity index (χ1) is 7.56. The number of hydrogen-bond acceptors (Lipinski definition) is 4. The quantitative estimate of drug-likeness (QED) is 0.847. The molecule has 0 bridgehead atoms. The van der Waals surface area contributed by atoms with Crippen LogP contribution >= 0.6 is 28.1 Å². The zero-order valence-electron chi connectivity index (χ0n) is 8.51. The predicted octanol–water partition coefficient (Wildman–Crippen LogP) is 2.05. The van der Waals surface area contributed by atoms with Gasteiger partial charge in [0.05, 0.1) is 4.47 Å². The normalized spacial score (nSPS) is 9.62. The second-order valence-electron chi connectivity index (χ2n) is 2.74. The number of anilines is 1. The van der Waals surface area contributed by atoms with Crippen molar-refractivity contribution in [2.45, 2.75) is 6.92 Å². The zero-order chi connectivity index (χ0) is 12.1. The van der Waals surface area contributed by atoms with E-state index in [1.807, 2.05) is 13.0 Å². The van der Waals surface area contributed by atoms with Crippen LogP contribution in [0.4, 0.5) is 10.6 Å². The number of carbonyl (C=O) groups is 1. The van der Waals surface area contributed by atoms with Gasteiger partial charge in [-0.2, -0.15) is 0 Å². The Morgan fingerprint density at radius 3 is 2.94 bits per heavy atom. The lowest BCUT2D eigenvalue weighted by Crippen LogP contribution is -2.35. The number of thiocarbonyl (C=S) groups is 1. The van der Waals surface area contributed by atoms with E-state index in [4.69, 9.17) is 18.0 Å². The molecule has 1 amide bonds. The monoisotopic (exact) mass is 303 g/mol. The van der Waals surface area contributed by atoms with Crippen LogP contribution in [0.25, 0.3) is 0 Å². The third kappa shape index (κ3) is 3.14. The maximum atomic E-state index is 10.6. The van der Waals surface area contributed by atoms with E-state index in [0.29, 0.717) is 12.4 Å². The molecule has 7 heteroatoms. The maximum absolute atomic E-state index is 10.6. The molecule has 0 aliphatic carbocycles. The number of rotatable bonds is 2. The molecule has 5 nitrogen and oxygen atoms in total. The molecule has 0 aliphatic heterocycles. The Labute approximate surface area is 107 Å². The van der Waals surface area contributed by atoms with Crippen LogP contribution in [0.1, 0.15) is 6.92 Å². The summed E-state index contributed by atoms with van der Waals surface area (Å²) in [4.78, 5) is 16.3. The Bertz CT molecular complexity index is 413. The molecule has 1 rings (SSSR count). The van der Waals surface area contributed by atoms with Crippen LogP contribution in [0.2, 0.25) is 0 Å². The molecule has 86 valence electrons. The zero-order valence-corrected chi connectivity index (χ0v) is 10.9. The Balaban J connectivity index is 2.94. The number of ether oxygens (including phenoxy) is 1. The molecule has 0 atom stereocenters. The molecule has 0 saturated carbocycles. The lowest BCUT2D eigenvalue weighted by Gasteiger charge is -2.21. The fourth-order valence-electron chi connectivity index (χ4n) is 1.08. The topological polar surface area (TPSA) is 68.5 Å². The summed E-state index contributed by atoms with van der Waals surface area (Å²) >= 11 is 8.27. The van der Waals surface area contributed by atoms with Gasteiger partial charge in [-0.3, -0.25) is 4.90 Å². The third-order valence-electron chi connectivity index (χ3n) is 1.72. The van der Waals surface area contributed by atoms with Gasteiger partial charge in [0.1, 0.15) is 5.82 Å². The van der Waals surface area contributed by atoms with Crippen molar-refractivity contribution in [1.29, 1.82) is 0 Å². The number of nitrogens with two attached hydrogens (primary N) is 1. The van der Waals surface area contributed by atoms with E-state index in [2.05, 4.69) is 25.7 Å². The first kappa shape index (κ1) is 12.9. The van der Waals surface area contributed by atoms with Crippen LogP contribution in [0, 0.1) is 0 Å². The van der Waals surface area contributed by atoms with Crippen LogP contribution in [0.5, 0.6) is 0 Å². The molecule has 0 spiro atoms. The van der Waals surface area contributed by atoms with Crippen molar-refractivity contribution < 1.29 is 9.53 Å². The molecular weight excluding hydrogens is 294 g/mol. The van der Waals surface area contributed by atoms with Crippen molar-refractivity contribution in [3.8, 4) is 0 Å². The van der Waals surface area contributed by atoms with E-state index in [1.54, 1.807) is 17.2 Å². The summed E-state index contributed by atoms with van der Waals surface area (Å²) in [6.45, 7) is 2.37. The first-order valence-electron chi connectivity index (χ1n) is 4.45. The van der Waals surface area contributed by atoms with Gasteiger partial charge in [0, 0.05) is 12.7 Å². The van der Waals surface area contributed by atoms with Gasteiger partial charge >= 0.3 is 6.09 Å². The fraction of sp³-hybridized carbons (Fsp3) is 0.222. The van der Waals surface area contributed by atoms with Crippen molar-refractivity contribution in [3.63, 3.8) is 0 Å². The highest BCUT2D eigenvalue weighted by Crippen LogP contribution is 2.23. The maximum Gasteiger partial charge on any atom is 0.411 e. The van der Waals surface area contributed by atoms with Crippen LogP contribution in [0.15, 0.2) is 22.8 Å². The first-order valence-corrected chi connectivity index (χ1v) is 5.65. The van der Waals surface area contributed by atoms with E-state index >= 15 is 0 Å². The Hall–Kier alpha value is -1.21. The van der Waals surface area contributed by atoms with Gasteiger partial charge in [0.25, 0.3) is 5.17 Å². The minimum atomic E-state index is -0.935. The molecule has 0 aromatic carbocycles. The molecule has 1 aromatic heterocycles. The number of aromatic nitrogens is 1. The molecule has 0 fully saturated rings. The number of pyridine rings is 1. The molecule has 1 aromatic rings. The fourth-order valence-corrected chi connectivity index (χ4v) is 1.85. The Morgan fingerprint density at radius 1 is 1.75 bits per heavy atom. The number of hydrogen-bond donors (Lipinski definition) is 1. The van der Waals surface area contributed by atoms with Crippen LogP contribution < -0.4 is 10.6 Å². The highest BCUT2D eigenvalue weighted by Gasteiger charge is 2.16. The van der Waals surface area contributed by atoms with Gasteiger partial charge in [-0.25, -0.2) is 9.78 Å². The average molecular weight is 304 g/mol. The lowest BCUT2D eigenvalue weighted by atomic mass is 10.4. The smallest absolute Gasteiger partial charge is 0.382 e. The summed E-state index contributed by atoms with van der Waals surface area (Å²) in [5.74, 6) is 0.580. The summed E-state index contributed by atoms with van der Waals surface area (Å²) in [6, 6.07) is 3.59. The van der Waals surface area contributed by atoms with Crippen molar-refractivity contribution in [2.75, 3.05) is 11.4 Å². The van der Waals surface area contributed by atoms with Crippen LogP contribution in [0.3, 0.4) is 0 Å². The summed E-state index contributed by atoms with van der Waals surface area (Å²) in [6.07, 6.45) is 0.686. The standard InChI is InChI=1S/C9H10BrN3O2S/c1-2-13(9(16)15-8(11)14)7-6(10)4-3-5-12-7/h3-5H,2H2,1H3,(H2,11,14). The molecule has 0 saturated heterocycles. The van der Waals surface area contributed by atoms with Crippen LogP contribution in [-0.2, 0) is 4.74 Å². The molecule has 2 N–H and O–H groups in total. The highest BCUT2D eigenvalue weighted by atomic mass is 79.9. The number of halogens is 1. The summed E-state index contributed by atoms with van der Waals surface area (Å²) in [5, 5.41) is -0.0191. The van der Waals surface area contributed by atoms with E-state index in [1.165, 1.54) is 0 Å². The minimum absolute atomic E-state index is 0.0191. The van der Waals surface area contributed by atoms with Gasteiger partial charge in [0.15, 0.2) is 0 Å². The molecule has 0 aliphatic rings. The minimum Gasteiger partial charge on any atom is -0.382 e. The molecule has 1 heterocycles. The molecule has 16 heavy (non-hydrogen) atoms. The Kier molecular flexibility index (Phi) is 4.63. The highest BCUT2D eigenvalue weighted by molar-refractivity contribution is 9.10. The van der Waals surface area contributed by atoms with E-state index in [9.17, 15) is 4.79 Å². The summed E-state index contributed by atoms with van der Waals surface area (Å²) in [5.41, 5.74) is 4.89. The van der Waals surface area contributed by atoms with Crippen molar-refractivity contribution in [2.24, 2.45) is 5.73 Å². The molecule has 0 radical (unpaired) electrons. The predicted molar refractivity (Wildman–Crippen MR) is 68.2 cm³/mol. The summed E-state index contributed by atoms with van der Waals surface area (Å²) in [7, 11) is 0. The van der Waals surface area contributed by atoms with Gasteiger partial charge in [0.2, 0.25) is 0 Å². The lowest BCUT2D eigenvalue weighted by molar-refractivity contribution is 0.208. The van der Waals surface area contributed by atoms with Gasteiger partial charge in [-0.1, -0.05) is 0 Å². The van der Waals surface area contributed by atoms with Crippen molar-refractivity contribution in [3.05, 3.63) is 22.8 Å². The second-order valence-corrected chi connectivity index (χ2v) is 3.94. The van der Waals surface area contributed by atoms with E-state index < -0.39 is 6.09 Å². The second kappa shape index (κ2) is 5.76. The average Bonchev–Trinajstić information content (AvgIpc) is 2.20. The van der Waals surface area contributed by atoms with Gasteiger partial charge in [-0.15, -0.1) is 0 Å². The van der Waals surface area contributed by atoms with E-state index in [0.717, 1.165) is 4.47 Å². The third-order valence-corrected chi connectivity index (χ3v) is 2.64. The van der Waals surface area contributed by atoms with Gasteiger partial charge < -0.3 is 10.5 Å². The van der Waals surface area contributed by atoms with Crippen LogP contribution in [-0.4, -0.2) is 22.8 Å². The SMILES string of the molecule is CCN(C(=S)OC(N)=O)c1ncccc1Br. The number of primary amides is 1. The number of nitrogens with zero attached hydrogens (tertiary/aromatic N) is 2. The largest absolute Gasteiger partial charge is 0.411 e. The Morgan fingerprint density at radius 2 is 2.44 bits per heavy atom. The van der Waals surface area contributed by atoms with Crippen molar-refractivity contribution in [1.82, 2.24) is 4.98 Å². The van der Waals surface area contributed by atoms with Gasteiger partial charge in [-0.05, 0) is 47.2 Å². The van der Waals surface area contributed by atoms with E-state index in [-0.39, 0.29) is 5.17 Å². The molecular formula is C9H10BrN3O2S. The summed E-state index contributed by atoms with van der Waals surface area (Å²) < 4.78 is 5.40. The number of amides is 1. The number of carbonyl (C=O) groups excluding carboxylic acids is 1. The van der Waals surface area contributed by atoms with Crippen molar-refractivity contribution >= 4 is 45.2 Å².